The van der Waals surface area contributed by atoms with E-state index in [-0.39, 0.29) is 0 Å². The van der Waals surface area contributed by atoms with Crippen molar-refractivity contribution in [2.75, 3.05) is 13.1 Å². The van der Waals surface area contributed by atoms with Gasteiger partial charge < -0.3 is 5.73 Å². The molecule has 0 saturated heterocycles. The predicted octanol–water partition coefficient (Wildman–Crippen LogP) is 2.91. The Labute approximate surface area is 101 Å². The summed E-state index contributed by atoms with van der Waals surface area (Å²) in [6.07, 6.45) is 14.3. The van der Waals surface area contributed by atoms with Crippen LogP contribution >= 0.6 is 0 Å². The van der Waals surface area contributed by atoms with Crippen LogP contribution < -0.4 is 5.73 Å². The molecule has 0 amide bonds. The Morgan fingerprint density at radius 2 is 1.31 bits per heavy atom. The molecule has 2 fully saturated rings. The number of nitrogens with zero attached hydrogens (tertiary/aromatic N) is 1. The third kappa shape index (κ3) is 3.21. The smallest absolute Gasteiger partial charge is 0.00982 e. The van der Waals surface area contributed by atoms with Crippen molar-refractivity contribution >= 4 is 0 Å². The summed E-state index contributed by atoms with van der Waals surface area (Å²) in [5, 5.41) is 0. The fourth-order valence-electron chi connectivity index (χ4n) is 3.59. The highest BCUT2D eigenvalue weighted by Crippen LogP contribution is 2.30. The van der Waals surface area contributed by atoms with Crippen molar-refractivity contribution < 1.29 is 0 Å². The first kappa shape index (κ1) is 12.4. The van der Waals surface area contributed by atoms with Crippen LogP contribution in [-0.2, 0) is 0 Å². The minimum atomic E-state index is 0.857. The second kappa shape index (κ2) is 6.61. The van der Waals surface area contributed by atoms with Crippen LogP contribution in [-0.4, -0.2) is 30.1 Å². The lowest BCUT2D eigenvalue weighted by Crippen LogP contribution is -2.44. The molecule has 0 heterocycles. The summed E-state index contributed by atoms with van der Waals surface area (Å²) in [6, 6.07) is 1.79. The zero-order valence-electron chi connectivity index (χ0n) is 10.7. The first-order valence-electron chi connectivity index (χ1n) is 7.37. The first-order chi connectivity index (χ1) is 7.92. The van der Waals surface area contributed by atoms with E-state index in [9.17, 15) is 0 Å². The van der Waals surface area contributed by atoms with Gasteiger partial charge in [0.25, 0.3) is 0 Å². The van der Waals surface area contributed by atoms with E-state index in [1.807, 2.05) is 0 Å². The highest BCUT2D eigenvalue weighted by Gasteiger charge is 2.28. The molecule has 0 radical (unpaired) electrons. The summed E-state index contributed by atoms with van der Waals surface area (Å²) in [7, 11) is 0. The molecule has 0 aromatic rings. The number of nitrogens with two attached hydrogens (primary N) is 1. The van der Waals surface area contributed by atoms with Gasteiger partial charge >= 0.3 is 0 Å². The second-order valence-electron chi connectivity index (χ2n) is 5.61. The molecule has 94 valence electrons. The van der Waals surface area contributed by atoms with Gasteiger partial charge in [-0.15, -0.1) is 0 Å². The zero-order chi connectivity index (χ0) is 11.2. The van der Waals surface area contributed by atoms with Gasteiger partial charge in [-0.25, -0.2) is 0 Å². The zero-order valence-corrected chi connectivity index (χ0v) is 10.7. The third-order valence-corrected chi connectivity index (χ3v) is 4.46. The van der Waals surface area contributed by atoms with Crippen molar-refractivity contribution in [3.05, 3.63) is 0 Å². The molecule has 0 atom stereocenters. The molecule has 2 aliphatic carbocycles. The fraction of sp³-hybridized carbons (Fsp3) is 1.00. The molecule has 2 N–H and O–H groups in total. The lowest BCUT2D eigenvalue weighted by atomic mass is 9.92. The van der Waals surface area contributed by atoms with Gasteiger partial charge in [0.05, 0.1) is 0 Å². The Hall–Kier alpha value is -0.0800. The normalized spacial score (nSPS) is 24.4. The Morgan fingerprint density at radius 3 is 1.81 bits per heavy atom. The number of hydrogen-bond donors (Lipinski definition) is 1. The maximum atomic E-state index is 5.68. The minimum absolute atomic E-state index is 0.857. The van der Waals surface area contributed by atoms with Gasteiger partial charge in [0.1, 0.15) is 0 Å². The summed E-state index contributed by atoms with van der Waals surface area (Å²) in [5.74, 6) is 0. The second-order valence-corrected chi connectivity index (χ2v) is 5.61. The molecule has 2 aliphatic rings. The van der Waals surface area contributed by atoms with Crippen LogP contribution in [0.3, 0.4) is 0 Å². The van der Waals surface area contributed by atoms with Crippen LogP contribution in [0.1, 0.15) is 64.2 Å². The van der Waals surface area contributed by atoms with Gasteiger partial charge in [0.2, 0.25) is 0 Å². The topological polar surface area (TPSA) is 29.3 Å². The molecule has 16 heavy (non-hydrogen) atoms. The van der Waals surface area contributed by atoms with Crippen LogP contribution in [0.2, 0.25) is 0 Å². The molecule has 2 saturated carbocycles. The SMILES string of the molecule is NCCCN(C1CCCCC1)C1CCCC1. The number of rotatable bonds is 5. The third-order valence-electron chi connectivity index (χ3n) is 4.46. The van der Waals surface area contributed by atoms with E-state index in [0.29, 0.717) is 0 Å². The predicted molar refractivity (Wildman–Crippen MR) is 69.5 cm³/mol. The highest BCUT2D eigenvalue weighted by molar-refractivity contribution is 4.84. The van der Waals surface area contributed by atoms with Gasteiger partial charge in [0.15, 0.2) is 0 Å². The maximum absolute atomic E-state index is 5.68. The summed E-state index contributed by atoms with van der Waals surface area (Å²) in [6.45, 7) is 2.11. The van der Waals surface area contributed by atoms with Crippen molar-refractivity contribution in [3.63, 3.8) is 0 Å². The molecule has 0 aliphatic heterocycles. The van der Waals surface area contributed by atoms with Crippen LogP contribution in [0.4, 0.5) is 0 Å². The van der Waals surface area contributed by atoms with Crippen molar-refractivity contribution in [1.82, 2.24) is 4.90 Å². The first-order valence-corrected chi connectivity index (χ1v) is 7.37. The molecule has 0 bridgehead atoms. The number of hydrogen-bond acceptors (Lipinski definition) is 2. The minimum Gasteiger partial charge on any atom is -0.330 e. The van der Waals surface area contributed by atoms with Crippen molar-refractivity contribution in [2.24, 2.45) is 5.73 Å². The van der Waals surface area contributed by atoms with Crippen molar-refractivity contribution in [2.45, 2.75) is 76.3 Å². The van der Waals surface area contributed by atoms with E-state index in [0.717, 1.165) is 18.6 Å². The molecule has 2 nitrogen and oxygen atoms in total. The lowest BCUT2D eigenvalue weighted by molar-refractivity contribution is 0.105. The molecular weight excluding hydrogens is 196 g/mol. The van der Waals surface area contributed by atoms with E-state index < -0.39 is 0 Å². The molecule has 0 spiro atoms. The van der Waals surface area contributed by atoms with Crippen LogP contribution in [0.15, 0.2) is 0 Å². The Kier molecular flexibility index (Phi) is 5.11. The van der Waals surface area contributed by atoms with Crippen LogP contribution in [0.25, 0.3) is 0 Å². The van der Waals surface area contributed by atoms with Gasteiger partial charge in [-0.3, -0.25) is 4.90 Å². The Bertz CT molecular complexity index is 181. The van der Waals surface area contributed by atoms with Crippen molar-refractivity contribution in [3.8, 4) is 0 Å². The van der Waals surface area contributed by atoms with Gasteiger partial charge in [-0.05, 0) is 45.2 Å². The Balaban J connectivity index is 1.89. The van der Waals surface area contributed by atoms with E-state index >= 15 is 0 Å². The molecule has 0 aromatic carbocycles. The van der Waals surface area contributed by atoms with Crippen molar-refractivity contribution in [1.29, 1.82) is 0 Å². The van der Waals surface area contributed by atoms with Gasteiger partial charge in [-0.2, -0.15) is 0 Å². The molecule has 2 rings (SSSR count). The standard InChI is InChI=1S/C14H28N2/c15-11-6-12-16(14-9-4-5-10-14)13-7-2-1-3-8-13/h13-14H,1-12,15H2. The maximum Gasteiger partial charge on any atom is 0.00982 e. The highest BCUT2D eigenvalue weighted by atomic mass is 15.2. The van der Waals surface area contributed by atoms with E-state index in [4.69, 9.17) is 5.73 Å². The fourth-order valence-corrected chi connectivity index (χ4v) is 3.59. The largest absolute Gasteiger partial charge is 0.330 e. The van der Waals surface area contributed by atoms with E-state index in [1.165, 1.54) is 70.8 Å². The molecule has 0 aromatic heterocycles. The molecule has 2 heteroatoms. The molecular formula is C14H28N2. The van der Waals surface area contributed by atoms with Crippen LogP contribution in [0, 0.1) is 0 Å². The summed E-state index contributed by atoms with van der Waals surface area (Å²) >= 11 is 0. The van der Waals surface area contributed by atoms with E-state index in [2.05, 4.69) is 4.90 Å². The summed E-state index contributed by atoms with van der Waals surface area (Å²) < 4.78 is 0. The monoisotopic (exact) mass is 224 g/mol. The average Bonchev–Trinajstić information content (AvgIpc) is 2.85. The Morgan fingerprint density at radius 1 is 0.812 bits per heavy atom. The summed E-state index contributed by atoms with van der Waals surface area (Å²) in [5.41, 5.74) is 5.68. The van der Waals surface area contributed by atoms with Gasteiger partial charge in [-0.1, -0.05) is 32.1 Å². The molecule has 0 unspecified atom stereocenters. The average molecular weight is 224 g/mol. The van der Waals surface area contributed by atoms with E-state index in [1.54, 1.807) is 0 Å². The van der Waals surface area contributed by atoms with Crippen LogP contribution in [0.5, 0.6) is 0 Å². The quantitative estimate of drug-likeness (QED) is 0.778. The lowest BCUT2D eigenvalue weighted by Gasteiger charge is -2.38. The summed E-state index contributed by atoms with van der Waals surface area (Å²) in [4.78, 5) is 2.83. The van der Waals surface area contributed by atoms with Gasteiger partial charge in [0, 0.05) is 12.1 Å².